The van der Waals surface area contributed by atoms with Crippen LogP contribution in [-0.4, -0.2) is 27.0 Å². The first-order valence-electron chi connectivity index (χ1n) is 5.82. The van der Waals surface area contributed by atoms with Crippen molar-refractivity contribution in [2.24, 2.45) is 5.73 Å². The van der Waals surface area contributed by atoms with Crippen LogP contribution in [0.2, 0.25) is 4.47 Å². The van der Waals surface area contributed by atoms with Gasteiger partial charge in [0.05, 0.1) is 0 Å². The van der Waals surface area contributed by atoms with E-state index in [1.807, 2.05) is 6.07 Å². The van der Waals surface area contributed by atoms with Gasteiger partial charge in [0.1, 0.15) is 0 Å². The van der Waals surface area contributed by atoms with Gasteiger partial charge in [-0.15, -0.1) is 0 Å². The Bertz CT molecular complexity index is 427. The third kappa shape index (κ3) is 4.52. The molecule has 0 fully saturated rings. The van der Waals surface area contributed by atoms with Gasteiger partial charge in [0.15, 0.2) is 0 Å². The number of hydrogen-bond acceptors (Lipinski definition) is 1. The van der Waals surface area contributed by atoms with Crippen molar-refractivity contribution < 1.29 is 0 Å². The molecule has 0 aliphatic carbocycles. The van der Waals surface area contributed by atoms with Crippen molar-refractivity contribution in [2.75, 3.05) is 0 Å². The van der Waals surface area contributed by atoms with E-state index in [-0.39, 0.29) is 20.9 Å². The van der Waals surface area contributed by atoms with Crippen LogP contribution in [-0.2, 0) is 6.42 Å². The van der Waals surface area contributed by atoms with Crippen molar-refractivity contribution in [3.8, 4) is 0 Å². The van der Waals surface area contributed by atoms with Gasteiger partial charge in [0.25, 0.3) is 0 Å². The second kappa shape index (κ2) is 6.81. The molecule has 0 aliphatic heterocycles. The summed E-state index contributed by atoms with van der Waals surface area (Å²) in [6.45, 7) is 0. The SMILES string of the molecule is N[C@H](C[Te]c1ccccc1)Cc1ccccc1. The van der Waals surface area contributed by atoms with Crippen LogP contribution < -0.4 is 9.35 Å². The van der Waals surface area contributed by atoms with Crippen LogP contribution in [0.15, 0.2) is 60.7 Å². The molecule has 2 N–H and O–H groups in total. The summed E-state index contributed by atoms with van der Waals surface area (Å²) >= 11 is -0.119. The molecule has 17 heavy (non-hydrogen) atoms. The summed E-state index contributed by atoms with van der Waals surface area (Å²) in [5.41, 5.74) is 7.53. The molecule has 2 heteroatoms. The van der Waals surface area contributed by atoms with Crippen molar-refractivity contribution in [3.63, 3.8) is 0 Å². The first-order valence-corrected chi connectivity index (χ1v) is 8.63. The van der Waals surface area contributed by atoms with Crippen LogP contribution in [0, 0.1) is 0 Å². The zero-order valence-electron chi connectivity index (χ0n) is 9.75. The van der Waals surface area contributed by atoms with Crippen molar-refractivity contribution in [2.45, 2.75) is 16.9 Å². The van der Waals surface area contributed by atoms with Gasteiger partial charge in [-0.25, -0.2) is 0 Å². The molecular formula is C15H17NTe. The van der Waals surface area contributed by atoms with Crippen LogP contribution in [0.3, 0.4) is 0 Å². The molecule has 1 atom stereocenters. The Morgan fingerprint density at radius 1 is 0.882 bits per heavy atom. The Morgan fingerprint density at radius 2 is 1.47 bits per heavy atom. The Labute approximate surface area is 113 Å². The fourth-order valence-corrected chi connectivity index (χ4v) is 4.19. The van der Waals surface area contributed by atoms with Gasteiger partial charge in [-0.1, -0.05) is 0 Å². The Balaban J connectivity index is 1.80. The first-order chi connectivity index (χ1) is 8.34. The first kappa shape index (κ1) is 12.6. The van der Waals surface area contributed by atoms with Crippen LogP contribution in [0.5, 0.6) is 0 Å². The predicted molar refractivity (Wildman–Crippen MR) is 74.8 cm³/mol. The molecule has 88 valence electrons. The number of hydrogen-bond donors (Lipinski definition) is 1. The van der Waals surface area contributed by atoms with E-state index in [0.29, 0.717) is 6.04 Å². The molecule has 0 amide bonds. The maximum absolute atomic E-state index is 6.19. The molecule has 0 aromatic heterocycles. The monoisotopic (exact) mass is 341 g/mol. The molecule has 1 nitrogen and oxygen atoms in total. The Kier molecular flexibility index (Phi) is 5.07. The molecule has 0 saturated carbocycles. The number of nitrogens with two attached hydrogens (primary N) is 1. The molecule has 0 radical (unpaired) electrons. The van der Waals surface area contributed by atoms with Gasteiger partial charge in [-0.3, -0.25) is 0 Å². The number of benzene rings is 2. The van der Waals surface area contributed by atoms with Gasteiger partial charge < -0.3 is 0 Å². The topological polar surface area (TPSA) is 26.0 Å². The molecule has 0 unspecified atom stereocenters. The standard InChI is InChI=1S/C15H17NTe/c16-14(11-13-7-3-1-4-8-13)12-17-15-9-5-2-6-10-15/h1-10,14H,11-12,16H2/t14-/m0/s1. The number of rotatable bonds is 5. The Morgan fingerprint density at radius 3 is 2.12 bits per heavy atom. The second-order valence-corrected chi connectivity index (χ2v) is 7.19. The zero-order chi connectivity index (χ0) is 11.9. The van der Waals surface area contributed by atoms with E-state index in [2.05, 4.69) is 54.6 Å². The van der Waals surface area contributed by atoms with Crippen LogP contribution >= 0.6 is 0 Å². The molecule has 2 rings (SSSR count). The van der Waals surface area contributed by atoms with Gasteiger partial charge >= 0.3 is 113 Å². The summed E-state index contributed by atoms with van der Waals surface area (Å²) in [7, 11) is 0. The fourth-order valence-electron chi connectivity index (χ4n) is 1.70. The predicted octanol–water partition coefficient (Wildman–Crippen LogP) is 2.00. The zero-order valence-corrected chi connectivity index (χ0v) is 12.1. The molecule has 0 bridgehead atoms. The molecule has 0 saturated heterocycles. The van der Waals surface area contributed by atoms with E-state index in [1.54, 1.807) is 0 Å². The van der Waals surface area contributed by atoms with Crippen LogP contribution in [0.1, 0.15) is 5.56 Å². The molecule has 2 aromatic carbocycles. The van der Waals surface area contributed by atoms with E-state index >= 15 is 0 Å². The second-order valence-electron chi connectivity index (χ2n) is 4.07. The molecule has 0 aliphatic rings. The van der Waals surface area contributed by atoms with Crippen molar-refractivity contribution in [1.29, 1.82) is 0 Å². The molecular weight excluding hydrogens is 322 g/mol. The van der Waals surface area contributed by atoms with E-state index in [1.165, 1.54) is 13.6 Å². The van der Waals surface area contributed by atoms with E-state index in [0.717, 1.165) is 6.42 Å². The minimum absolute atomic E-state index is 0.119. The molecule has 2 aromatic rings. The van der Waals surface area contributed by atoms with E-state index in [9.17, 15) is 0 Å². The van der Waals surface area contributed by atoms with E-state index in [4.69, 9.17) is 5.73 Å². The van der Waals surface area contributed by atoms with Crippen molar-refractivity contribution in [1.82, 2.24) is 0 Å². The third-order valence-corrected chi connectivity index (χ3v) is 5.97. The van der Waals surface area contributed by atoms with Crippen LogP contribution in [0.25, 0.3) is 0 Å². The quantitative estimate of drug-likeness (QED) is 0.829. The van der Waals surface area contributed by atoms with E-state index < -0.39 is 0 Å². The van der Waals surface area contributed by atoms with Gasteiger partial charge in [-0.2, -0.15) is 0 Å². The summed E-state index contributed by atoms with van der Waals surface area (Å²) in [5, 5.41) is 0. The maximum atomic E-state index is 6.19. The summed E-state index contributed by atoms with van der Waals surface area (Å²) < 4.78 is 2.67. The average molecular weight is 339 g/mol. The van der Waals surface area contributed by atoms with Crippen LogP contribution in [0.4, 0.5) is 0 Å². The van der Waals surface area contributed by atoms with Gasteiger partial charge in [0.2, 0.25) is 0 Å². The Hall–Kier alpha value is -0.810. The normalized spacial score (nSPS) is 12.3. The molecule has 0 heterocycles. The summed E-state index contributed by atoms with van der Waals surface area (Å²) in [4.78, 5) is 0. The summed E-state index contributed by atoms with van der Waals surface area (Å²) in [5.74, 6) is 0. The minimum atomic E-state index is -0.119. The van der Waals surface area contributed by atoms with Crippen molar-refractivity contribution in [3.05, 3.63) is 66.2 Å². The molecule has 0 spiro atoms. The third-order valence-electron chi connectivity index (χ3n) is 2.55. The fraction of sp³-hybridized carbons (Fsp3) is 0.200. The van der Waals surface area contributed by atoms with Gasteiger partial charge in [0, 0.05) is 0 Å². The van der Waals surface area contributed by atoms with Gasteiger partial charge in [-0.05, 0) is 0 Å². The van der Waals surface area contributed by atoms with Crippen molar-refractivity contribution >= 4 is 24.5 Å². The average Bonchev–Trinajstić information content (AvgIpc) is 2.39. The summed E-state index contributed by atoms with van der Waals surface area (Å²) in [6, 6.07) is 21.6. The summed E-state index contributed by atoms with van der Waals surface area (Å²) in [6.07, 6.45) is 0.998.